The Kier molecular flexibility index (Phi) is 4.52. The van der Waals surface area contributed by atoms with Crippen LogP contribution >= 0.6 is 11.6 Å². The van der Waals surface area contributed by atoms with Gasteiger partial charge >= 0.3 is 0 Å². The van der Waals surface area contributed by atoms with E-state index in [1.54, 1.807) is 24.3 Å². The summed E-state index contributed by atoms with van der Waals surface area (Å²) in [6.07, 6.45) is 2.08. The maximum atomic E-state index is 11.6. The molecule has 1 amide bonds. The van der Waals surface area contributed by atoms with Crippen LogP contribution in [0.5, 0.6) is 0 Å². The van der Waals surface area contributed by atoms with E-state index in [-0.39, 0.29) is 5.91 Å². The molecule has 1 aromatic rings. The second-order valence-corrected chi connectivity index (χ2v) is 4.02. The molecule has 3 nitrogen and oxygen atoms in total. The number of hydrogen-bond donors (Lipinski definition) is 2. The molecule has 1 rings (SSSR count). The Hall–Kier alpha value is -1.32. The van der Waals surface area contributed by atoms with Gasteiger partial charge in [-0.3, -0.25) is 4.79 Å². The van der Waals surface area contributed by atoms with Crippen LogP contribution in [0.4, 0.5) is 5.69 Å². The monoisotopic (exact) mass is 238 g/mol. The molecular weight excluding hydrogens is 224 g/mol. The van der Waals surface area contributed by atoms with Gasteiger partial charge in [0, 0.05) is 10.7 Å². The predicted octanol–water partition coefficient (Wildman–Crippen LogP) is 2.49. The van der Waals surface area contributed by atoms with Gasteiger partial charge in [0.2, 0.25) is 5.91 Å². The van der Waals surface area contributed by atoms with Crippen molar-refractivity contribution < 1.29 is 4.79 Å². The number of anilines is 1. The minimum absolute atomic E-state index is 0.217. The largest absolute Gasteiger partial charge is 0.324 e. The molecule has 0 aromatic heterocycles. The molecule has 0 heterocycles. The summed E-state index contributed by atoms with van der Waals surface area (Å²) in [4.78, 5) is 11.6. The normalized spacial score (nSPS) is 11.9. The Morgan fingerprint density at radius 2 is 2.38 bits per heavy atom. The first-order valence-corrected chi connectivity index (χ1v) is 5.36. The minimum Gasteiger partial charge on any atom is -0.324 e. The van der Waals surface area contributed by atoms with Crippen LogP contribution in [0.1, 0.15) is 12.0 Å². The molecular formula is C12H15ClN2O. The molecule has 1 unspecified atom stereocenters. The van der Waals surface area contributed by atoms with Crippen LogP contribution < -0.4 is 11.1 Å². The summed E-state index contributed by atoms with van der Waals surface area (Å²) in [7, 11) is 0. The van der Waals surface area contributed by atoms with Crippen molar-refractivity contribution in [3.63, 3.8) is 0 Å². The average Bonchev–Trinajstić information content (AvgIpc) is 2.22. The quantitative estimate of drug-likeness (QED) is 0.792. The van der Waals surface area contributed by atoms with Crippen LogP contribution in [0.25, 0.3) is 0 Å². The van der Waals surface area contributed by atoms with Crippen molar-refractivity contribution in [1.82, 2.24) is 0 Å². The van der Waals surface area contributed by atoms with Gasteiger partial charge in [-0.1, -0.05) is 17.7 Å². The molecule has 0 fully saturated rings. The van der Waals surface area contributed by atoms with E-state index >= 15 is 0 Å². The summed E-state index contributed by atoms with van der Waals surface area (Å²) in [5.41, 5.74) is 7.29. The Balaban J connectivity index is 2.73. The van der Waals surface area contributed by atoms with Gasteiger partial charge in [0.1, 0.15) is 0 Å². The van der Waals surface area contributed by atoms with Crippen LogP contribution in [0, 0.1) is 6.92 Å². The van der Waals surface area contributed by atoms with Gasteiger partial charge in [-0.15, -0.1) is 6.58 Å². The van der Waals surface area contributed by atoms with E-state index in [0.717, 1.165) is 11.3 Å². The number of carbonyl (C=O) groups is 1. The lowest BCUT2D eigenvalue weighted by molar-refractivity contribution is -0.117. The number of nitrogens with one attached hydrogen (secondary N) is 1. The first kappa shape index (κ1) is 12.7. The SMILES string of the molecule is C=CCC(N)C(=O)Nc1ccc(Cl)cc1C. The van der Waals surface area contributed by atoms with Crippen molar-refractivity contribution in [2.45, 2.75) is 19.4 Å². The number of rotatable bonds is 4. The van der Waals surface area contributed by atoms with Crippen LogP contribution in [0.15, 0.2) is 30.9 Å². The highest BCUT2D eigenvalue weighted by Gasteiger charge is 2.12. The zero-order valence-corrected chi connectivity index (χ0v) is 9.92. The van der Waals surface area contributed by atoms with Crippen molar-refractivity contribution in [1.29, 1.82) is 0 Å². The predicted molar refractivity (Wildman–Crippen MR) is 67.6 cm³/mol. The Bertz CT molecular complexity index is 404. The third-order valence-electron chi connectivity index (χ3n) is 2.20. The van der Waals surface area contributed by atoms with E-state index in [4.69, 9.17) is 17.3 Å². The molecule has 0 aliphatic rings. The number of amides is 1. The lowest BCUT2D eigenvalue weighted by Crippen LogP contribution is -2.35. The average molecular weight is 239 g/mol. The molecule has 0 aliphatic heterocycles. The highest BCUT2D eigenvalue weighted by molar-refractivity contribution is 6.30. The molecule has 1 atom stereocenters. The van der Waals surface area contributed by atoms with Crippen LogP contribution in [0.3, 0.4) is 0 Å². The van der Waals surface area contributed by atoms with Crippen LogP contribution in [0.2, 0.25) is 5.02 Å². The standard InChI is InChI=1S/C12H15ClN2O/c1-3-4-10(14)12(16)15-11-6-5-9(13)7-8(11)2/h3,5-7,10H,1,4,14H2,2H3,(H,15,16). The third kappa shape index (κ3) is 3.36. The molecule has 1 aromatic carbocycles. The van der Waals surface area contributed by atoms with E-state index in [2.05, 4.69) is 11.9 Å². The van der Waals surface area contributed by atoms with Crippen molar-refractivity contribution in [3.05, 3.63) is 41.4 Å². The fourth-order valence-electron chi connectivity index (χ4n) is 1.28. The molecule has 16 heavy (non-hydrogen) atoms. The molecule has 0 bridgehead atoms. The Morgan fingerprint density at radius 1 is 1.69 bits per heavy atom. The first-order valence-electron chi connectivity index (χ1n) is 4.98. The van der Waals surface area contributed by atoms with Gasteiger partial charge in [-0.2, -0.15) is 0 Å². The van der Waals surface area contributed by atoms with Crippen molar-refractivity contribution in [2.75, 3.05) is 5.32 Å². The number of carbonyl (C=O) groups excluding carboxylic acids is 1. The molecule has 3 N–H and O–H groups in total. The van der Waals surface area contributed by atoms with Gasteiger partial charge in [0.05, 0.1) is 6.04 Å². The summed E-state index contributed by atoms with van der Waals surface area (Å²) in [6.45, 7) is 5.42. The summed E-state index contributed by atoms with van der Waals surface area (Å²) in [6, 6.07) is 4.71. The van der Waals surface area contributed by atoms with Crippen molar-refractivity contribution in [3.8, 4) is 0 Å². The summed E-state index contributed by atoms with van der Waals surface area (Å²) in [5, 5.41) is 3.40. The van der Waals surface area contributed by atoms with E-state index in [1.165, 1.54) is 0 Å². The topological polar surface area (TPSA) is 55.1 Å². The minimum atomic E-state index is -0.562. The van der Waals surface area contributed by atoms with Crippen molar-refractivity contribution >= 4 is 23.2 Å². The van der Waals surface area contributed by atoms with E-state index in [0.29, 0.717) is 11.4 Å². The lowest BCUT2D eigenvalue weighted by Gasteiger charge is -2.12. The number of nitrogens with two attached hydrogens (primary N) is 1. The molecule has 86 valence electrons. The maximum absolute atomic E-state index is 11.6. The molecule has 0 saturated carbocycles. The van der Waals surface area contributed by atoms with Crippen LogP contribution in [-0.4, -0.2) is 11.9 Å². The highest BCUT2D eigenvalue weighted by Crippen LogP contribution is 2.19. The number of benzene rings is 1. The number of halogens is 1. The number of aryl methyl sites for hydroxylation is 1. The maximum Gasteiger partial charge on any atom is 0.241 e. The van der Waals surface area contributed by atoms with Gasteiger partial charge in [-0.25, -0.2) is 0 Å². The van der Waals surface area contributed by atoms with Gasteiger partial charge in [-0.05, 0) is 37.1 Å². The first-order chi connectivity index (χ1) is 7.54. The molecule has 0 spiro atoms. The lowest BCUT2D eigenvalue weighted by atomic mass is 10.1. The van der Waals surface area contributed by atoms with E-state index < -0.39 is 6.04 Å². The molecule has 4 heteroatoms. The zero-order chi connectivity index (χ0) is 12.1. The fourth-order valence-corrected chi connectivity index (χ4v) is 1.51. The van der Waals surface area contributed by atoms with Gasteiger partial charge < -0.3 is 11.1 Å². The highest BCUT2D eigenvalue weighted by atomic mass is 35.5. The van der Waals surface area contributed by atoms with E-state index in [1.807, 2.05) is 6.92 Å². The number of hydrogen-bond acceptors (Lipinski definition) is 2. The fraction of sp³-hybridized carbons (Fsp3) is 0.250. The molecule has 0 saturated heterocycles. The summed E-state index contributed by atoms with van der Waals surface area (Å²) < 4.78 is 0. The second-order valence-electron chi connectivity index (χ2n) is 3.58. The third-order valence-corrected chi connectivity index (χ3v) is 2.44. The van der Waals surface area contributed by atoms with E-state index in [9.17, 15) is 4.79 Å². The van der Waals surface area contributed by atoms with Crippen molar-refractivity contribution in [2.24, 2.45) is 5.73 Å². The Labute approximate surface area is 100 Å². The molecule has 0 aliphatic carbocycles. The van der Waals surface area contributed by atoms with Crippen LogP contribution in [-0.2, 0) is 4.79 Å². The zero-order valence-electron chi connectivity index (χ0n) is 9.16. The molecule has 0 radical (unpaired) electrons. The second kappa shape index (κ2) is 5.68. The Morgan fingerprint density at radius 3 is 2.94 bits per heavy atom. The smallest absolute Gasteiger partial charge is 0.241 e. The summed E-state index contributed by atoms with van der Waals surface area (Å²) >= 11 is 5.82. The summed E-state index contributed by atoms with van der Waals surface area (Å²) in [5.74, 6) is -0.217. The van der Waals surface area contributed by atoms with Gasteiger partial charge in [0.25, 0.3) is 0 Å². The van der Waals surface area contributed by atoms with Gasteiger partial charge in [0.15, 0.2) is 0 Å².